The van der Waals surface area contributed by atoms with Crippen LogP contribution in [0.5, 0.6) is 0 Å². The molecule has 0 aliphatic heterocycles. The molecule has 0 aliphatic rings. The number of halogens is 1. The smallest absolute Gasteiger partial charge is 0.258 e. The summed E-state index contributed by atoms with van der Waals surface area (Å²) >= 11 is 7.31. The molecule has 19 heavy (non-hydrogen) atoms. The van der Waals surface area contributed by atoms with E-state index in [2.05, 4.69) is 10.3 Å². The molecule has 1 aromatic carbocycles. The molecular formula is C14H9ClN2OS. The fraction of sp³-hybridized carbons (Fsp3) is 0. The first kappa shape index (κ1) is 12.1. The highest BCUT2D eigenvalue weighted by molar-refractivity contribution is 7.17. The molecule has 0 bridgehead atoms. The SMILES string of the molecule is O=C(Nc1ccc(Cl)cn1)c1csc2ccccc12. The number of thiophene rings is 1. The number of rotatable bonds is 2. The minimum absolute atomic E-state index is 0.160. The predicted octanol–water partition coefficient (Wildman–Crippen LogP) is 4.20. The average molecular weight is 289 g/mol. The van der Waals surface area contributed by atoms with Crippen LogP contribution >= 0.6 is 22.9 Å². The molecule has 3 rings (SSSR count). The summed E-state index contributed by atoms with van der Waals surface area (Å²) < 4.78 is 1.09. The number of anilines is 1. The van der Waals surface area contributed by atoms with Crippen LogP contribution in [0.3, 0.4) is 0 Å². The molecule has 5 heteroatoms. The van der Waals surface area contributed by atoms with Crippen LogP contribution in [0, 0.1) is 0 Å². The maximum absolute atomic E-state index is 12.2. The Kier molecular flexibility index (Phi) is 3.19. The summed E-state index contributed by atoms with van der Waals surface area (Å²) in [6.07, 6.45) is 1.50. The fourth-order valence-electron chi connectivity index (χ4n) is 1.79. The van der Waals surface area contributed by atoms with Crippen molar-refractivity contribution in [2.24, 2.45) is 0 Å². The lowest BCUT2D eigenvalue weighted by atomic mass is 10.1. The Morgan fingerprint density at radius 2 is 2.05 bits per heavy atom. The van der Waals surface area contributed by atoms with Crippen LogP contribution in [0.1, 0.15) is 10.4 Å². The van der Waals surface area contributed by atoms with Gasteiger partial charge in [-0.2, -0.15) is 0 Å². The van der Waals surface area contributed by atoms with E-state index in [9.17, 15) is 4.79 Å². The van der Waals surface area contributed by atoms with E-state index < -0.39 is 0 Å². The summed E-state index contributed by atoms with van der Waals surface area (Å²) in [6.45, 7) is 0. The van der Waals surface area contributed by atoms with Crippen molar-refractivity contribution >= 4 is 44.7 Å². The quantitative estimate of drug-likeness (QED) is 0.768. The van der Waals surface area contributed by atoms with Crippen molar-refractivity contribution in [1.82, 2.24) is 4.98 Å². The third-order valence-electron chi connectivity index (χ3n) is 2.69. The van der Waals surface area contributed by atoms with Crippen LogP contribution in [0.4, 0.5) is 5.82 Å². The zero-order valence-electron chi connectivity index (χ0n) is 9.76. The predicted molar refractivity (Wildman–Crippen MR) is 79.0 cm³/mol. The number of benzene rings is 1. The Labute approximate surface area is 118 Å². The van der Waals surface area contributed by atoms with Crippen molar-refractivity contribution in [3.8, 4) is 0 Å². The van der Waals surface area contributed by atoms with E-state index in [1.807, 2.05) is 29.6 Å². The van der Waals surface area contributed by atoms with Gasteiger partial charge in [-0.25, -0.2) is 4.98 Å². The third kappa shape index (κ3) is 2.45. The summed E-state index contributed by atoms with van der Waals surface area (Å²) in [4.78, 5) is 16.2. The Morgan fingerprint density at radius 3 is 2.84 bits per heavy atom. The summed E-state index contributed by atoms with van der Waals surface area (Å²) in [5.41, 5.74) is 0.664. The molecular weight excluding hydrogens is 280 g/mol. The second kappa shape index (κ2) is 4.99. The van der Waals surface area contributed by atoms with Crippen molar-refractivity contribution in [3.05, 3.63) is 58.6 Å². The van der Waals surface area contributed by atoms with Gasteiger partial charge in [0.05, 0.1) is 10.6 Å². The maximum Gasteiger partial charge on any atom is 0.258 e. The number of carbonyl (C=O) groups is 1. The van der Waals surface area contributed by atoms with Gasteiger partial charge in [-0.15, -0.1) is 11.3 Å². The number of hydrogen-bond donors (Lipinski definition) is 1. The van der Waals surface area contributed by atoms with Gasteiger partial charge >= 0.3 is 0 Å². The normalized spacial score (nSPS) is 10.6. The van der Waals surface area contributed by atoms with Gasteiger partial charge in [-0.1, -0.05) is 29.8 Å². The van der Waals surface area contributed by atoms with Crippen LogP contribution in [0.25, 0.3) is 10.1 Å². The van der Waals surface area contributed by atoms with Crippen LogP contribution in [0.15, 0.2) is 48.0 Å². The van der Waals surface area contributed by atoms with Crippen molar-refractivity contribution in [3.63, 3.8) is 0 Å². The van der Waals surface area contributed by atoms with Gasteiger partial charge in [0.15, 0.2) is 0 Å². The van der Waals surface area contributed by atoms with Crippen molar-refractivity contribution < 1.29 is 4.79 Å². The van der Waals surface area contributed by atoms with Crippen molar-refractivity contribution in [2.45, 2.75) is 0 Å². The molecule has 2 aromatic heterocycles. The van der Waals surface area contributed by atoms with E-state index in [4.69, 9.17) is 11.6 Å². The molecule has 3 nitrogen and oxygen atoms in total. The van der Waals surface area contributed by atoms with E-state index in [0.29, 0.717) is 16.4 Å². The third-order valence-corrected chi connectivity index (χ3v) is 3.88. The lowest BCUT2D eigenvalue weighted by Crippen LogP contribution is -2.12. The summed E-state index contributed by atoms with van der Waals surface area (Å²) in [5, 5.41) is 6.12. The molecule has 0 fully saturated rings. The molecule has 0 atom stereocenters. The summed E-state index contributed by atoms with van der Waals surface area (Å²) in [7, 11) is 0. The molecule has 0 radical (unpaired) electrons. The Bertz CT molecular complexity index is 737. The van der Waals surface area contributed by atoms with Gasteiger partial charge in [0.25, 0.3) is 5.91 Å². The van der Waals surface area contributed by atoms with Gasteiger partial charge in [-0.3, -0.25) is 4.79 Å². The maximum atomic E-state index is 12.2. The van der Waals surface area contributed by atoms with Crippen LogP contribution < -0.4 is 5.32 Å². The highest BCUT2D eigenvalue weighted by Crippen LogP contribution is 2.26. The summed E-state index contributed by atoms with van der Waals surface area (Å²) in [6, 6.07) is 11.2. The second-order valence-electron chi connectivity index (χ2n) is 3.96. The first-order valence-electron chi connectivity index (χ1n) is 5.63. The van der Waals surface area contributed by atoms with E-state index in [-0.39, 0.29) is 5.91 Å². The second-order valence-corrected chi connectivity index (χ2v) is 5.31. The zero-order chi connectivity index (χ0) is 13.2. The minimum atomic E-state index is -0.160. The number of amides is 1. The molecule has 0 unspecified atom stereocenters. The van der Waals surface area contributed by atoms with Gasteiger partial charge in [0.2, 0.25) is 0 Å². The molecule has 3 aromatic rings. The highest BCUT2D eigenvalue weighted by atomic mass is 35.5. The Balaban J connectivity index is 1.90. The van der Waals surface area contributed by atoms with E-state index in [1.165, 1.54) is 6.20 Å². The van der Waals surface area contributed by atoms with Crippen LogP contribution in [0.2, 0.25) is 5.02 Å². The van der Waals surface area contributed by atoms with E-state index in [1.54, 1.807) is 23.5 Å². The molecule has 0 spiro atoms. The average Bonchev–Trinajstić information content (AvgIpc) is 2.85. The van der Waals surface area contributed by atoms with Gasteiger partial charge in [0, 0.05) is 21.7 Å². The first-order valence-corrected chi connectivity index (χ1v) is 6.89. The van der Waals surface area contributed by atoms with Gasteiger partial charge in [0.1, 0.15) is 5.82 Å². The largest absolute Gasteiger partial charge is 0.307 e. The Morgan fingerprint density at radius 1 is 1.21 bits per heavy atom. The van der Waals surface area contributed by atoms with E-state index in [0.717, 1.165) is 10.1 Å². The molecule has 0 saturated heterocycles. The fourth-order valence-corrected chi connectivity index (χ4v) is 2.84. The van der Waals surface area contributed by atoms with Gasteiger partial charge in [-0.05, 0) is 18.2 Å². The first-order chi connectivity index (χ1) is 9.24. The standard InChI is InChI=1S/C14H9ClN2OS/c15-9-5-6-13(16-7-9)17-14(18)11-8-19-12-4-2-1-3-10(11)12/h1-8H,(H,16,17,18). The molecule has 1 amide bonds. The van der Waals surface area contributed by atoms with Crippen molar-refractivity contribution in [1.29, 1.82) is 0 Å². The lowest BCUT2D eigenvalue weighted by Gasteiger charge is -2.03. The number of carbonyl (C=O) groups excluding carboxylic acids is 1. The molecule has 0 aliphatic carbocycles. The number of aromatic nitrogens is 1. The molecule has 0 saturated carbocycles. The monoisotopic (exact) mass is 288 g/mol. The lowest BCUT2D eigenvalue weighted by molar-refractivity contribution is 0.102. The number of nitrogens with one attached hydrogen (secondary N) is 1. The topological polar surface area (TPSA) is 42.0 Å². The number of nitrogens with zero attached hydrogens (tertiary/aromatic N) is 1. The molecule has 94 valence electrons. The molecule has 2 heterocycles. The summed E-state index contributed by atoms with van der Waals surface area (Å²) in [5.74, 6) is 0.331. The number of fused-ring (bicyclic) bond motifs is 1. The van der Waals surface area contributed by atoms with Crippen LogP contribution in [-0.2, 0) is 0 Å². The molecule has 1 N–H and O–H groups in total. The number of hydrogen-bond acceptors (Lipinski definition) is 3. The van der Waals surface area contributed by atoms with Crippen LogP contribution in [-0.4, -0.2) is 10.9 Å². The van der Waals surface area contributed by atoms with Gasteiger partial charge < -0.3 is 5.32 Å². The number of pyridine rings is 1. The Hall–Kier alpha value is -1.91. The zero-order valence-corrected chi connectivity index (χ0v) is 11.3. The van der Waals surface area contributed by atoms with Crippen molar-refractivity contribution in [2.75, 3.05) is 5.32 Å². The minimum Gasteiger partial charge on any atom is -0.307 e. The van der Waals surface area contributed by atoms with E-state index >= 15 is 0 Å². The highest BCUT2D eigenvalue weighted by Gasteiger charge is 2.12.